The van der Waals surface area contributed by atoms with Gasteiger partial charge in [0, 0.05) is 17.6 Å². The summed E-state index contributed by atoms with van der Waals surface area (Å²) in [4.78, 5) is 12.1. The Balaban J connectivity index is 2.10. The van der Waals surface area contributed by atoms with E-state index in [0.29, 0.717) is 11.4 Å². The highest BCUT2D eigenvalue weighted by Crippen LogP contribution is 2.22. The maximum Gasteiger partial charge on any atom is 0.257 e. The summed E-state index contributed by atoms with van der Waals surface area (Å²) in [6, 6.07) is 11.1. The average Bonchev–Trinajstić information content (AvgIpc) is 2.60. The molecule has 0 saturated heterocycles. The summed E-state index contributed by atoms with van der Waals surface area (Å²) in [6.07, 6.45) is 1.24. The highest BCUT2D eigenvalue weighted by molar-refractivity contribution is 6.34. The van der Waals surface area contributed by atoms with Crippen LogP contribution in [-0.4, -0.2) is 5.91 Å². The molecule has 0 atom stereocenters. The third-order valence-electron chi connectivity index (χ3n) is 3.02. The Morgan fingerprint density at radius 2 is 1.60 bits per heavy atom. The first-order valence-electron chi connectivity index (χ1n) is 6.77. The van der Waals surface area contributed by atoms with Crippen LogP contribution in [0.3, 0.4) is 0 Å². The number of amides is 1. The van der Waals surface area contributed by atoms with Crippen molar-refractivity contribution in [1.82, 2.24) is 0 Å². The minimum absolute atomic E-state index is 0.0923. The number of hydrogen-bond donors (Lipinski definition) is 2. The first-order valence-corrected chi connectivity index (χ1v) is 7.15. The summed E-state index contributed by atoms with van der Waals surface area (Å²) in [7, 11) is 0. The van der Waals surface area contributed by atoms with Crippen LogP contribution in [0, 0.1) is 34.3 Å². The van der Waals surface area contributed by atoms with E-state index in [1.807, 2.05) is 0 Å². The topological polar surface area (TPSA) is 88.7 Å². The molecule has 1 amide bonds. The van der Waals surface area contributed by atoms with E-state index in [1.54, 1.807) is 36.4 Å². The molecular weight excluding hydrogens is 350 g/mol. The second-order valence-electron chi connectivity index (χ2n) is 4.70. The molecule has 8 heteroatoms. The molecule has 2 N–H and O–H groups in total. The van der Waals surface area contributed by atoms with Crippen molar-refractivity contribution >= 4 is 28.9 Å². The van der Waals surface area contributed by atoms with Crippen molar-refractivity contribution in [2.24, 2.45) is 0 Å². The molecule has 0 aromatic heterocycles. The Bertz CT molecular complexity index is 911. The number of benzene rings is 2. The van der Waals surface area contributed by atoms with Crippen LogP contribution in [0.4, 0.5) is 20.2 Å². The van der Waals surface area contributed by atoms with Crippen LogP contribution in [0.5, 0.6) is 0 Å². The van der Waals surface area contributed by atoms with Gasteiger partial charge in [-0.3, -0.25) is 4.79 Å². The maximum atomic E-state index is 13.2. The summed E-state index contributed by atoms with van der Waals surface area (Å²) in [6.45, 7) is 0. The summed E-state index contributed by atoms with van der Waals surface area (Å²) < 4.78 is 26.3. The van der Waals surface area contributed by atoms with Gasteiger partial charge in [0.25, 0.3) is 5.91 Å². The van der Waals surface area contributed by atoms with Crippen LogP contribution >= 0.6 is 11.6 Å². The molecule has 0 fully saturated rings. The minimum Gasteiger partial charge on any atom is -0.360 e. The van der Waals surface area contributed by atoms with Gasteiger partial charge in [-0.2, -0.15) is 10.5 Å². The lowest BCUT2D eigenvalue weighted by Gasteiger charge is -2.08. The smallest absolute Gasteiger partial charge is 0.257 e. The molecule has 0 bridgehead atoms. The molecule has 0 saturated carbocycles. The van der Waals surface area contributed by atoms with Gasteiger partial charge in [-0.05, 0) is 36.4 Å². The normalized spacial score (nSPS) is 9.48. The van der Waals surface area contributed by atoms with Crippen molar-refractivity contribution in [2.45, 2.75) is 0 Å². The van der Waals surface area contributed by atoms with Gasteiger partial charge in [0.15, 0.2) is 11.6 Å². The lowest BCUT2D eigenvalue weighted by atomic mass is 10.2. The molecule has 0 aliphatic carbocycles. The van der Waals surface area contributed by atoms with E-state index in [9.17, 15) is 13.6 Å². The van der Waals surface area contributed by atoms with Crippen LogP contribution in [0.25, 0.3) is 0 Å². The third-order valence-corrected chi connectivity index (χ3v) is 3.33. The number of carbonyl (C=O) groups excluding carboxylic acids is 1. The predicted molar refractivity (Wildman–Crippen MR) is 88.7 cm³/mol. The second kappa shape index (κ2) is 7.91. The van der Waals surface area contributed by atoms with E-state index in [1.165, 1.54) is 6.20 Å². The fraction of sp³-hybridized carbons (Fsp3) is 0. The maximum absolute atomic E-state index is 13.2. The second-order valence-corrected chi connectivity index (χ2v) is 5.11. The molecule has 25 heavy (non-hydrogen) atoms. The van der Waals surface area contributed by atoms with Crippen molar-refractivity contribution in [1.29, 1.82) is 10.5 Å². The Morgan fingerprint density at radius 3 is 2.20 bits per heavy atom. The molecule has 2 rings (SSSR count). The molecular formula is C17H9ClF2N4O. The van der Waals surface area contributed by atoms with Gasteiger partial charge in [-0.1, -0.05) is 11.6 Å². The van der Waals surface area contributed by atoms with Gasteiger partial charge in [0.1, 0.15) is 17.7 Å². The van der Waals surface area contributed by atoms with Crippen molar-refractivity contribution < 1.29 is 13.6 Å². The largest absolute Gasteiger partial charge is 0.360 e. The lowest BCUT2D eigenvalue weighted by molar-refractivity contribution is 0.102. The zero-order valence-electron chi connectivity index (χ0n) is 12.5. The molecule has 0 radical (unpaired) electrons. The molecule has 0 spiro atoms. The molecule has 0 aliphatic rings. The van der Waals surface area contributed by atoms with E-state index in [4.69, 9.17) is 22.1 Å². The SMILES string of the molecule is N#CC(C#N)=CNc1ccc(NC(=O)c2cc(F)c(F)cc2Cl)cc1. The summed E-state index contributed by atoms with van der Waals surface area (Å²) in [5.74, 6) is -3.01. The Morgan fingerprint density at radius 1 is 1.04 bits per heavy atom. The van der Waals surface area contributed by atoms with Crippen LogP contribution in [0.15, 0.2) is 48.2 Å². The Hall–Kier alpha value is -3.42. The number of nitriles is 2. The zero-order valence-corrected chi connectivity index (χ0v) is 13.2. The van der Waals surface area contributed by atoms with E-state index < -0.39 is 17.5 Å². The van der Waals surface area contributed by atoms with E-state index in [-0.39, 0.29) is 16.2 Å². The summed E-state index contributed by atoms with van der Waals surface area (Å²) >= 11 is 5.75. The van der Waals surface area contributed by atoms with E-state index in [0.717, 1.165) is 12.1 Å². The van der Waals surface area contributed by atoms with Gasteiger partial charge < -0.3 is 10.6 Å². The van der Waals surface area contributed by atoms with Crippen molar-refractivity contribution in [3.05, 3.63) is 70.4 Å². The summed E-state index contributed by atoms with van der Waals surface area (Å²) in [5, 5.41) is 22.3. The zero-order chi connectivity index (χ0) is 18.4. The summed E-state index contributed by atoms with van der Waals surface area (Å²) in [5.41, 5.74) is 0.678. The van der Waals surface area contributed by atoms with Crippen LogP contribution in [0.1, 0.15) is 10.4 Å². The fourth-order valence-electron chi connectivity index (χ4n) is 1.79. The molecule has 2 aromatic carbocycles. The first kappa shape index (κ1) is 17.9. The number of rotatable bonds is 4. The molecule has 2 aromatic rings. The molecule has 5 nitrogen and oxygen atoms in total. The number of nitrogens with zero attached hydrogens (tertiary/aromatic N) is 2. The van der Waals surface area contributed by atoms with E-state index >= 15 is 0 Å². The molecule has 0 heterocycles. The third kappa shape index (κ3) is 4.54. The van der Waals surface area contributed by atoms with Gasteiger partial charge in [0.05, 0.1) is 10.6 Å². The van der Waals surface area contributed by atoms with Gasteiger partial charge >= 0.3 is 0 Å². The van der Waals surface area contributed by atoms with Gasteiger partial charge in [-0.25, -0.2) is 8.78 Å². The van der Waals surface area contributed by atoms with Crippen molar-refractivity contribution in [3.8, 4) is 12.1 Å². The van der Waals surface area contributed by atoms with Crippen molar-refractivity contribution in [3.63, 3.8) is 0 Å². The molecule has 0 aliphatic heterocycles. The minimum atomic E-state index is -1.17. The number of hydrogen-bond acceptors (Lipinski definition) is 4. The highest BCUT2D eigenvalue weighted by atomic mass is 35.5. The lowest BCUT2D eigenvalue weighted by Crippen LogP contribution is -2.13. The Labute approximate surface area is 146 Å². The predicted octanol–water partition coefficient (Wildman–Crippen LogP) is 4.21. The van der Waals surface area contributed by atoms with Crippen LogP contribution in [-0.2, 0) is 0 Å². The van der Waals surface area contributed by atoms with Crippen molar-refractivity contribution in [2.75, 3.05) is 10.6 Å². The molecule has 124 valence electrons. The average molecular weight is 359 g/mol. The number of halogens is 3. The quantitative estimate of drug-likeness (QED) is 0.632. The number of nitrogens with one attached hydrogen (secondary N) is 2. The standard InChI is InChI=1S/C17H9ClF2N4O/c18-14-6-16(20)15(19)5-13(14)17(25)24-12-3-1-11(2-4-12)23-9-10(7-21)8-22/h1-6,9,23H,(H,24,25). The van der Waals surface area contributed by atoms with E-state index in [2.05, 4.69) is 10.6 Å². The van der Waals surface area contributed by atoms with Gasteiger partial charge in [-0.15, -0.1) is 0 Å². The number of carbonyl (C=O) groups is 1. The monoisotopic (exact) mass is 358 g/mol. The fourth-order valence-corrected chi connectivity index (χ4v) is 2.03. The number of anilines is 2. The number of allylic oxidation sites excluding steroid dienone is 1. The van der Waals surface area contributed by atoms with Crippen LogP contribution in [0.2, 0.25) is 5.02 Å². The van der Waals surface area contributed by atoms with Crippen LogP contribution < -0.4 is 10.6 Å². The molecule has 0 unspecified atom stereocenters. The van der Waals surface area contributed by atoms with Gasteiger partial charge in [0.2, 0.25) is 0 Å². The first-order chi connectivity index (χ1) is 11.9. The highest BCUT2D eigenvalue weighted by Gasteiger charge is 2.15. The Kier molecular flexibility index (Phi) is 5.67.